The van der Waals surface area contributed by atoms with Crippen molar-refractivity contribution >= 4 is 24.2 Å². The predicted molar refractivity (Wildman–Crippen MR) is 85.6 cm³/mol. The van der Waals surface area contributed by atoms with Gasteiger partial charge in [0.15, 0.2) is 6.04 Å². The molecule has 2 amide bonds. The zero-order valence-electron chi connectivity index (χ0n) is 13.8. The number of nitrogens with one attached hydrogen (secondary N) is 1. The van der Waals surface area contributed by atoms with Crippen molar-refractivity contribution in [2.24, 2.45) is 9.98 Å². The van der Waals surface area contributed by atoms with Gasteiger partial charge < -0.3 is 19.9 Å². The van der Waals surface area contributed by atoms with Crippen LogP contribution in [0.1, 0.15) is 27.2 Å². The Morgan fingerprint density at radius 3 is 2.65 bits per heavy atom. The Morgan fingerprint density at radius 1 is 1.30 bits per heavy atom. The first-order valence-corrected chi connectivity index (χ1v) is 7.95. The summed E-state index contributed by atoms with van der Waals surface area (Å²) in [5.74, 6) is 0.602. The van der Waals surface area contributed by atoms with Gasteiger partial charge in [-0.15, -0.1) is 0 Å². The molecule has 0 radical (unpaired) electrons. The van der Waals surface area contributed by atoms with E-state index in [1.165, 1.54) is 0 Å². The SMILES string of the molecule is CC(C)(C)OC(=O)N1CCN(C2=NC(=O)C3N=CNC3C2)CC1. The number of amides is 2. The third-order valence-electron chi connectivity index (χ3n) is 4.10. The van der Waals surface area contributed by atoms with Gasteiger partial charge in [0, 0.05) is 32.6 Å². The third kappa shape index (κ3) is 3.46. The van der Waals surface area contributed by atoms with Crippen molar-refractivity contribution in [3.63, 3.8) is 0 Å². The Balaban J connectivity index is 1.56. The molecule has 126 valence electrons. The summed E-state index contributed by atoms with van der Waals surface area (Å²) in [4.78, 5) is 36.2. The van der Waals surface area contributed by atoms with E-state index in [-0.39, 0.29) is 24.1 Å². The number of hydrogen-bond donors (Lipinski definition) is 1. The van der Waals surface area contributed by atoms with Gasteiger partial charge in [-0.2, -0.15) is 4.99 Å². The molecule has 3 rings (SSSR count). The van der Waals surface area contributed by atoms with Crippen molar-refractivity contribution in [3.8, 4) is 0 Å². The number of aliphatic imine (C=N–C) groups is 2. The van der Waals surface area contributed by atoms with Crippen molar-refractivity contribution in [1.29, 1.82) is 0 Å². The van der Waals surface area contributed by atoms with Gasteiger partial charge in [-0.3, -0.25) is 9.79 Å². The Labute approximate surface area is 135 Å². The second kappa shape index (κ2) is 5.82. The molecular formula is C15H23N5O3. The van der Waals surface area contributed by atoms with E-state index in [9.17, 15) is 9.59 Å². The molecule has 23 heavy (non-hydrogen) atoms. The van der Waals surface area contributed by atoms with Crippen LogP contribution < -0.4 is 5.32 Å². The average Bonchev–Trinajstić information content (AvgIpc) is 2.94. The van der Waals surface area contributed by atoms with Gasteiger partial charge in [-0.1, -0.05) is 0 Å². The molecule has 3 aliphatic heterocycles. The lowest BCUT2D eigenvalue weighted by molar-refractivity contribution is -0.119. The standard InChI is InChI=1S/C15H23N5O3/c1-15(2,3)23-14(22)20-6-4-19(5-7-20)11-8-10-12(13(21)18-11)17-9-16-10/h9-10,12H,4-8H2,1-3H3,(H,16,17). The number of ether oxygens (including phenoxy) is 1. The smallest absolute Gasteiger partial charge is 0.410 e. The van der Waals surface area contributed by atoms with Crippen LogP contribution in [-0.2, 0) is 9.53 Å². The monoisotopic (exact) mass is 321 g/mol. The van der Waals surface area contributed by atoms with Crippen molar-refractivity contribution in [2.75, 3.05) is 26.2 Å². The molecule has 1 N–H and O–H groups in total. The lowest BCUT2D eigenvalue weighted by atomic mass is 10.0. The van der Waals surface area contributed by atoms with E-state index in [1.807, 2.05) is 20.8 Å². The Bertz CT molecular complexity index is 558. The molecule has 8 nitrogen and oxygen atoms in total. The number of carbonyl (C=O) groups is 2. The van der Waals surface area contributed by atoms with Gasteiger partial charge in [-0.05, 0) is 20.8 Å². The van der Waals surface area contributed by atoms with Crippen molar-refractivity contribution in [3.05, 3.63) is 0 Å². The van der Waals surface area contributed by atoms with Crippen molar-refractivity contribution < 1.29 is 14.3 Å². The zero-order chi connectivity index (χ0) is 16.6. The lowest BCUT2D eigenvalue weighted by Gasteiger charge is -2.38. The highest BCUT2D eigenvalue weighted by atomic mass is 16.6. The lowest BCUT2D eigenvalue weighted by Crippen LogP contribution is -2.54. The first kappa shape index (κ1) is 15.8. The number of amidine groups is 1. The number of hydrogen-bond acceptors (Lipinski definition) is 6. The fraction of sp³-hybridized carbons (Fsp3) is 0.733. The van der Waals surface area contributed by atoms with E-state index < -0.39 is 5.60 Å². The number of carbonyl (C=O) groups excluding carboxylic acids is 2. The normalized spacial score (nSPS) is 27.4. The highest BCUT2D eigenvalue weighted by molar-refractivity contribution is 6.02. The molecule has 0 aliphatic carbocycles. The summed E-state index contributed by atoms with van der Waals surface area (Å²) in [6.07, 6.45) is 1.99. The second-order valence-corrected chi connectivity index (χ2v) is 7.02. The number of nitrogens with zero attached hydrogens (tertiary/aromatic N) is 4. The van der Waals surface area contributed by atoms with Crippen LogP contribution in [-0.4, -0.2) is 77.8 Å². The molecule has 0 spiro atoms. The Morgan fingerprint density at radius 2 is 2.00 bits per heavy atom. The van der Waals surface area contributed by atoms with E-state index in [1.54, 1.807) is 11.2 Å². The summed E-state index contributed by atoms with van der Waals surface area (Å²) < 4.78 is 5.39. The molecule has 0 saturated carbocycles. The molecule has 0 aromatic heterocycles. The first-order chi connectivity index (χ1) is 10.8. The Hall–Kier alpha value is -2.12. The quantitative estimate of drug-likeness (QED) is 0.690. The van der Waals surface area contributed by atoms with Gasteiger partial charge in [0.2, 0.25) is 0 Å². The van der Waals surface area contributed by atoms with Gasteiger partial charge in [0.25, 0.3) is 5.91 Å². The summed E-state index contributed by atoms with van der Waals surface area (Å²) in [5.41, 5.74) is -0.489. The second-order valence-electron chi connectivity index (χ2n) is 7.02. The molecule has 0 aromatic rings. The maximum atomic E-state index is 12.1. The van der Waals surface area contributed by atoms with Gasteiger partial charge in [0.05, 0.1) is 12.4 Å². The molecule has 0 aromatic carbocycles. The summed E-state index contributed by atoms with van der Waals surface area (Å²) in [6.45, 7) is 8.03. The fourth-order valence-electron chi connectivity index (χ4n) is 2.93. The van der Waals surface area contributed by atoms with Gasteiger partial charge in [0.1, 0.15) is 11.4 Å². The van der Waals surface area contributed by atoms with E-state index in [4.69, 9.17) is 4.74 Å². The topological polar surface area (TPSA) is 86.6 Å². The van der Waals surface area contributed by atoms with Crippen molar-refractivity contribution in [1.82, 2.24) is 15.1 Å². The third-order valence-corrected chi connectivity index (χ3v) is 4.10. The first-order valence-electron chi connectivity index (χ1n) is 7.95. The number of fused-ring (bicyclic) bond motifs is 1. The van der Waals surface area contributed by atoms with Crippen LogP contribution in [0, 0.1) is 0 Å². The molecule has 1 saturated heterocycles. The highest BCUT2D eigenvalue weighted by Gasteiger charge is 2.38. The van der Waals surface area contributed by atoms with Crippen LogP contribution in [0.25, 0.3) is 0 Å². The summed E-state index contributed by atoms with van der Waals surface area (Å²) in [5, 5.41) is 3.11. The average molecular weight is 321 g/mol. The molecule has 1 fully saturated rings. The van der Waals surface area contributed by atoms with E-state index in [0.29, 0.717) is 32.6 Å². The van der Waals surface area contributed by atoms with Crippen LogP contribution in [0.3, 0.4) is 0 Å². The largest absolute Gasteiger partial charge is 0.444 e. The maximum Gasteiger partial charge on any atom is 0.410 e. The van der Waals surface area contributed by atoms with E-state index >= 15 is 0 Å². The zero-order valence-corrected chi connectivity index (χ0v) is 13.8. The molecule has 3 aliphatic rings. The summed E-state index contributed by atoms with van der Waals surface area (Å²) in [7, 11) is 0. The van der Waals surface area contributed by atoms with Gasteiger partial charge >= 0.3 is 6.09 Å². The van der Waals surface area contributed by atoms with Crippen LogP contribution in [0.15, 0.2) is 9.98 Å². The molecule has 8 heteroatoms. The molecular weight excluding hydrogens is 298 g/mol. The molecule has 0 bridgehead atoms. The van der Waals surface area contributed by atoms with Crippen LogP contribution in [0.5, 0.6) is 0 Å². The molecule has 2 atom stereocenters. The van der Waals surface area contributed by atoms with Crippen molar-refractivity contribution in [2.45, 2.75) is 44.9 Å². The maximum absolute atomic E-state index is 12.1. The molecule has 2 unspecified atom stereocenters. The predicted octanol–water partition coefficient (Wildman–Crippen LogP) is 0.237. The Kier molecular flexibility index (Phi) is 3.99. The van der Waals surface area contributed by atoms with E-state index in [2.05, 4.69) is 20.2 Å². The number of rotatable bonds is 0. The minimum absolute atomic E-state index is 0.0129. The fourth-order valence-corrected chi connectivity index (χ4v) is 2.93. The minimum Gasteiger partial charge on any atom is -0.444 e. The number of piperazine rings is 1. The van der Waals surface area contributed by atoms with Crippen LogP contribution in [0.2, 0.25) is 0 Å². The highest BCUT2D eigenvalue weighted by Crippen LogP contribution is 2.19. The molecule has 3 heterocycles. The minimum atomic E-state index is -0.489. The van der Waals surface area contributed by atoms with Gasteiger partial charge in [-0.25, -0.2) is 4.79 Å². The summed E-state index contributed by atoms with van der Waals surface area (Å²) in [6, 6.07) is -0.360. The summed E-state index contributed by atoms with van der Waals surface area (Å²) >= 11 is 0. The van der Waals surface area contributed by atoms with Crippen LogP contribution in [0.4, 0.5) is 4.79 Å². The van der Waals surface area contributed by atoms with E-state index in [0.717, 1.165) is 5.84 Å². The van der Waals surface area contributed by atoms with Crippen LogP contribution >= 0.6 is 0 Å².